The lowest BCUT2D eigenvalue weighted by Crippen LogP contribution is -2.12. The fourth-order valence-corrected chi connectivity index (χ4v) is 2.09. The number of aryl methyl sites for hydroxylation is 1. The molecule has 118 valence electrons. The molecule has 0 bridgehead atoms. The van der Waals surface area contributed by atoms with Crippen LogP contribution in [0.25, 0.3) is 17.1 Å². The summed E-state index contributed by atoms with van der Waals surface area (Å²) in [4.78, 5) is 4.00. The van der Waals surface area contributed by atoms with Gasteiger partial charge in [-0.3, -0.25) is 0 Å². The van der Waals surface area contributed by atoms with Crippen molar-refractivity contribution >= 4 is 0 Å². The standard InChI is InChI=1S/C15H8F5N3/c1-7-21-15(8-5-3-2-4-6-8)22-23(7)14-12(19)10(17)9(16)11(18)13(14)20/h2-6H,1H3. The predicted molar refractivity (Wildman–Crippen MR) is 71.3 cm³/mol. The Labute approximate surface area is 127 Å². The number of nitrogens with zero attached hydrogens (tertiary/aromatic N) is 3. The van der Waals surface area contributed by atoms with Gasteiger partial charge in [-0.15, -0.1) is 5.10 Å². The van der Waals surface area contributed by atoms with Crippen LogP contribution < -0.4 is 0 Å². The van der Waals surface area contributed by atoms with Crippen LogP contribution in [0.5, 0.6) is 0 Å². The monoisotopic (exact) mass is 325 g/mol. The topological polar surface area (TPSA) is 30.7 Å². The number of hydrogen-bond donors (Lipinski definition) is 0. The Bertz CT molecular complexity index is 861. The quantitative estimate of drug-likeness (QED) is 0.406. The smallest absolute Gasteiger partial charge is 0.200 e. The third kappa shape index (κ3) is 2.36. The van der Waals surface area contributed by atoms with Crippen LogP contribution in [0.1, 0.15) is 5.82 Å². The normalized spacial score (nSPS) is 11.0. The molecule has 0 aliphatic rings. The van der Waals surface area contributed by atoms with Gasteiger partial charge in [-0.25, -0.2) is 31.6 Å². The molecule has 0 radical (unpaired) electrons. The fourth-order valence-electron chi connectivity index (χ4n) is 2.09. The van der Waals surface area contributed by atoms with Crippen molar-refractivity contribution in [3.63, 3.8) is 0 Å². The van der Waals surface area contributed by atoms with Crippen LogP contribution >= 0.6 is 0 Å². The molecule has 0 saturated heterocycles. The molecule has 0 N–H and O–H groups in total. The van der Waals surface area contributed by atoms with E-state index in [1.165, 1.54) is 6.92 Å². The van der Waals surface area contributed by atoms with Crippen molar-refractivity contribution in [1.82, 2.24) is 14.8 Å². The first-order chi connectivity index (χ1) is 10.9. The Morgan fingerprint density at radius 3 is 1.87 bits per heavy atom. The molecule has 3 nitrogen and oxygen atoms in total. The predicted octanol–water partition coefficient (Wildman–Crippen LogP) is 3.94. The van der Waals surface area contributed by atoms with Crippen LogP contribution in [0.15, 0.2) is 30.3 Å². The van der Waals surface area contributed by atoms with Gasteiger partial charge in [0.05, 0.1) is 0 Å². The summed E-state index contributed by atoms with van der Waals surface area (Å²) in [6.45, 7) is 1.34. The molecule has 8 heteroatoms. The van der Waals surface area contributed by atoms with E-state index in [1.54, 1.807) is 30.3 Å². The summed E-state index contributed by atoms with van der Waals surface area (Å²) in [7, 11) is 0. The molecule has 0 aliphatic carbocycles. The molecule has 2 aromatic carbocycles. The second-order valence-electron chi connectivity index (χ2n) is 4.68. The van der Waals surface area contributed by atoms with Crippen molar-refractivity contribution in [2.24, 2.45) is 0 Å². The highest BCUT2D eigenvalue weighted by Gasteiger charge is 2.28. The summed E-state index contributed by atoms with van der Waals surface area (Å²) in [6.07, 6.45) is 0. The van der Waals surface area contributed by atoms with E-state index in [2.05, 4.69) is 10.1 Å². The van der Waals surface area contributed by atoms with E-state index in [1.807, 2.05) is 0 Å². The lowest BCUT2D eigenvalue weighted by atomic mass is 10.2. The zero-order chi connectivity index (χ0) is 16.7. The lowest BCUT2D eigenvalue weighted by molar-refractivity contribution is 0.373. The third-order valence-corrected chi connectivity index (χ3v) is 3.20. The van der Waals surface area contributed by atoms with Crippen LogP contribution in [-0.2, 0) is 0 Å². The molecule has 0 fully saturated rings. The third-order valence-electron chi connectivity index (χ3n) is 3.20. The largest absolute Gasteiger partial charge is 0.212 e. The minimum absolute atomic E-state index is 0.0212. The highest BCUT2D eigenvalue weighted by Crippen LogP contribution is 2.27. The summed E-state index contributed by atoms with van der Waals surface area (Å²) in [5, 5.41) is 3.85. The van der Waals surface area contributed by atoms with Gasteiger partial charge in [-0.2, -0.15) is 0 Å². The molecule has 1 heterocycles. The van der Waals surface area contributed by atoms with E-state index < -0.39 is 34.8 Å². The Morgan fingerprint density at radius 2 is 1.30 bits per heavy atom. The molecule has 0 saturated carbocycles. The molecule has 0 amide bonds. The zero-order valence-electron chi connectivity index (χ0n) is 11.6. The van der Waals surface area contributed by atoms with Crippen molar-refractivity contribution < 1.29 is 22.0 Å². The second kappa shape index (κ2) is 5.45. The molecule has 3 rings (SSSR count). The van der Waals surface area contributed by atoms with Crippen LogP contribution in [-0.4, -0.2) is 14.8 Å². The first kappa shape index (κ1) is 15.1. The van der Waals surface area contributed by atoms with Gasteiger partial charge in [0.15, 0.2) is 29.1 Å². The van der Waals surface area contributed by atoms with E-state index in [0.29, 0.717) is 10.2 Å². The van der Waals surface area contributed by atoms with E-state index >= 15 is 0 Å². The van der Waals surface area contributed by atoms with Crippen LogP contribution in [0.3, 0.4) is 0 Å². The van der Waals surface area contributed by atoms with Crippen molar-refractivity contribution in [2.75, 3.05) is 0 Å². The van der Waals surface area contributed by atoms with Gasteiger partial charge in [0, 0.05) is 5.56 Å². The Morgan fingerprint density at radius 1 is 0.783 bits per heavy atom. The van der Waals surface area contributed by atoms with Crippen molar-refractivity contribution in [1.29, 1.82) is 0 Å². The summed E-state index contributed by atoms with van der Waals surface area (Å²) in [6, 6.07) is 8.44. The van der Waals surface area contributed by atoms with Gasteiger partial charge >= 0.3 is 0 Å². The number of halogens is 5. The number of benzene rings is 2. The van der Waals surface area contributed by atoms with Gasteiger partial charge in [0.25, 0.3) is 0 Å². The van der Waals surface area contributed by atoms with Gasteiger partial charge in [-0.05, 0) is 6.92 Å². The Balaban J connectivity index is 2.23. The second-order valence-corrected chi connectivity index (χ2v) is 4.68. The fraction of sp³-hybridized carbons (Fsp3) is 0.0667. The first-order valence-corrected chi connectivity index (χ1v) is 6.42. The summed E-state index contributed by atoms with van der Waals surface area (Å²) < 4.78 is 68.1. The average Bonchev–Trinajstić information content (AvgIpc) is 2.94. The van der Waals surface area contributed by atoms with E-state index in [-0.39, 0.29) is 11.6 Å². The van der Waals surface area contributed by atoms with Crippen molar-refractivity contribution in [2.45, 2.75) is 6.92 Å². The maximum Gasteiger partial charge on any atom is 0.200 e. The number of rotatable bonds is 2. The van der Waals surface area contributed by atoms with Gasteiger partial charge in [-0.1, -0.05) is 30.3 Å². The maximum atomic E-state index is 13.9. The Hall–Kier alpha value is -2.77. The Kier molecular flexibility index (Phi) is 3.59. The molecular formula is C15H8F5N3. The summed E-state index contributed by atoms with van der Waals surface area (Å²) in [5.74, 6) is -10.1. The van der Waals surface area contributed by atoms with E-state index in [4.69, 9.17) is 0 Å². The molecule has 0 aliphatic heterocycles. The SMILES string of the molecule is Cc1nc(-c2ccccc2)nn1-c1c(F)c(F)c(F)c(F)c1F. The number of hydrogen-bond acceptors (Lipinski definition) is 2. The van der Waals surface area contributed by atoms with E-state index in [9.17, 15) is 22.0 Å². The highest BCUT2D eigenvalue weighted by molar-refractivity contribution is 5.54. The van der Waals surface area contributed by atoms with E-state index in [0.717, 1.165) is 0 Å². The average molecular weight is 325 g/mol. The maximum absolute atomic E-state index is 13.9. The molecule has 23 heavy (non-hydrogen) atoms. The molecule has 1 aromatic heterocycles. The van der Waals surface area contributed by atoms with Crippen LogP contribution in [0.2, 0.25) is 0 Å². The van der Waals surface area contributed by atoms with Gasteiger partial charge < -0.3 is 0 Å². The highest BCUT2D eigenvalue weighted by atomic mass is 19.2. The van der Waals surface area contributed by atoms with Crippen LogP contribution in [0.4, 0.5) is 22.0 Å². The molecular weight excluding hydrogens is 317 g/mol. The minimum atomic E-state index is -2.22. The van der Waals surface area contributed by atoms with Gasteiger partial charge in [0.2, 0.25) is 5.82 Å². The van der Waals surface area contributed by atoms with Crippen molar-refractivity contribution in [3.05, 3.63) is 65.2 Å². The van der Waals surface area contributed by atoms with Gasteiger partial charge in [0.1, 0.15) is 11.5 Å². The lowest BCUT2D eigenvalue weighted by Gasteiger charge is -2.08. The number of aromatic nitrogens is 3. The van der Waals surface area contributed by atoms with Crippen molar-refractivity contribution in [3.8, 4) is 17.1 Å². The molecule has 3 aromatic rings. The van der Waals surface area contributed by atoms with Crippen LogP contribution in [0, 0.1) is 36.0 Å². The first-order valence-electron chi connectivity index (χ1n) is 6.42. The summed E-state index contributed by atoms with van der Waals surface area (Å²) in [5.41, 5.74) is -0.619. The zero-order valence-corrected chi connectivity index (χ0v) is 11.6. The summed E-state index contributed by atoms with van der Waals surface area (Å²) >= 11 is 0. The molecule has 0 unspecified atom stereocenters. The minimum Gasteiger partial charge on any atom is -0.212 e. The molecule has 0 atom stereocenters. The molecule has 0 spiro atoms.